The Labute approximate surface area is 111 Å². The summed E-state index contributed by atoms with van der Waals surface area (Å²) in [6, 6.07) is 0. The molecule has 1 aliphatic heterocycles. The average Bonchev–Trinajstić information content (AvgIpc) is 2.91. The number of carbonyl (C=O) groups is 1. The van der Waals surface area contributed by atoms with Crippen molar-refractivity contribution in [1.29, 1.82) is 0 Å². The van der Waals surface area contributed by atoms with E-state index >= 15 is 0 Å². The summed E-state index contributed by atoms with van der Waals surface area (Å²) in [4.78, 5) is 15.7. The number of aromatic nitrogens is 1. The zero-order chi connectivity index (χ0) is 12.6. The normalized spacial score (nSPS) is 16.7. The lowest BCUT2D eigenvalue weighted by molar-refractivity contribution is -0.128. The quantitative estimate of drug-likeness (QED) is 0.792. The van der Waals surface area contributed by atoms with E-state index in [1.54, 1.807) is 17.5 Å². The van der Waals surface area contributed by atoms with E-state index in [9.17, 15) is 4.79 Å². The molecule has 2 N–H and O–H groups in total. The Hall–Kier alpha value is -0.980. The highest BCUT2D eigenvalue weighted by Crippen LogP contribution is 2.06. The summed E-state index contributed by atoms with van der Waals surface area (Å²) in [7, 11) is 0. The van der Waals surface area contributed by atoms with E-state index in [1.165, 1.54) is 0 Å². The monoisotopic (exact) mass is 269 g/mol. The average molecular weight is 269 g/mol. The molecule has 0 spiro atoms. The molecule has 1 fully saturated rings. The maximum atomic E-state index is 11.5. The van der Waals surface area contributed by atoms with E-state index in [1.807, 2.05) is 5.38 Å². The van der Waals surface area contributed by atoms with Crippen LogP contribution in [0.25, 0.3) is 0 Å². The lowest BCUT2D eigenvalue weighted by Crippen LogP contribution is -2.36. The Morgan fingerprint density at radius 1 is 1.56 bits per heavy atom. The second-order valence-electron chi connectivity index (χ2n) is 4.29. The summed E-state index contributed by atoms with van der Waals surface area (Å²) in [5.41, 5.74) is 0. The fourth-order valence-electron chi connectivity index (χ4n) is 1.89. The van der Waals surface area contributed by atoms with Crippen molar-refractivity contribution >= 4 is 17.2 Å². The first-order chi connectivity index (χ1) is 8.84. The zero-order valence-corrected chi connectivity index (χ0v) is 11.2. The van der Waals surface area contributed by atoms with Crippen molar-refractivity contribution in [2.75, 3.05) is 26.2 Å². The molecule has 1 amide bonds. The van der Waals surface area contributed by atoms with Crippen LogP contribution in [0.15, 0.2) is 11.6 Å². The number of piperidine rings is 1. The standard InChI is InChI=1S/C12H19N3O2S/c16-11(9-17-10-1-4-13-5-2-10)14-6-3-12-15-7-8-18-12/h7-8,10,13H,1-6,9H2,(H,14,16). The second kappa shape index (κ2) is 7.45. The minimum atomic E-state index is -0.0370. The minimum Gasteiger partial charge on any atom is -0.368 e. The molecule has 0 saturated carbocycles. The van der Waals surface area contributed by atoms with Gasteiger partial charge in [-0.1, -0.05) is 0 Å². The van der Waals surface area contributed by atoms with Crippen molar-refractivity contribution in [3.8, 4) is 0 Å². The topological polar surface area (TPSA) is 63.2 Å². The highest BCUT2D eigenvalue weighted by Gasteiger charge is 2.14. The molecule has 1 aromatic heterocycles. The molecule has 0 aliphatic carbocycles. The Morgan fingerprint density at radius 3 is 3.11 bits per heavy atom. The fourth-order valence-corrected chi connectivity index (χ4v) is 2.51. The van der Waals surface area contributed by atoms with Crippen LogP contribution in [0.4, 0.5) is 0 Å². The summed E-state index contributed by atoms with van der Waals surface area (Å²) in [6.07, 6.45) is 4.79. The van der Waals surface area contributed by atoms with Crippen molar-refractivity contribution in [2.45, 2.75) is 25.4 Å². The van der Waals surface area contributed by atoms with Gasteiger partial charge in [-0.05, 0) is 25.9 Å². The summed E-state index contributed by atoms with van der Waals surface area (Å²) in [5, 5.41) is 9.11. The van der Waals surface area contributed by atoms with Crippen LogP contribution in [0, 0.1) is 0 Å². The maximum absolute atomic E-state index is 11.5. The lowest BCUT2D eigenvalue weighted by Gasteiger charge is -2.22. The number of ether oxygens (including phenoxy) is 1. The van der Waals surface area contributed by atoms with E-state index in [0.717, 1.165) is 37.4 Å². The van der Waals surface area contributed by atoms with Gasteiger partial charge >= 0.3 is 0 Å². The number of amides is 1. The van der Waals surface area contributed by atoms with Gasteiger partial charge in [-0.3, -0.25) is 4.79 Å². The molecule has 0 radical (unpaired) electrons. The third kappa shape index (κ3) is 4.72. The van der Waals surface area contributed by atoms with E-state index in [-0.39, 0.29) is 18.6 Å². The largest absolute Gasteiger partial charge is 0.368 e. The number of thiazole rings is 1. The summed E-state index contributed by atoms with van der Waals surface area (Å²) >= 11 is 1.61. The van der Waals surface area contributed by atoms with Gasteiger partial charge in [0.15, 0.2) is 0 Å². The first-order valence-corrected chi connectivity index (χ1v) is 7.20. The van der Waals surface area contributed by atoms with Gasteiger partial charge in [-0.15, -0.1) is 11.3 Å². The molecule has 0 unspecified atom stereocenters. The van der Waals surface area contributed by atoms with Gasteiger partial charge in [0.05, 0.1) is 11.1 Å². The second-order valence-corrected chi connectivity index (χ2v) is 5.27. The maximum Gasteiger partial charge on any atom is 0.246 e. The first kappa shape index (κ1) is 13.5. The molecule has 1 aliphatic rings. The molecule has 18 heavy (non-hydrogen) atoms. The number of carbonyl (C=O) groups excluding carboxylic acids is 1. The van der Waals surface area contributed by atoms with Crippen LogP contribution in [0.2, 0.25) is 0 Å². The van der Waals surface area contributed by atoms with Crippen LogP contribution >= 0.6 is 11.3 Å². The van der Waals surface area contributed by atoms with Gasteiger partial charge in [-0.25, -0.2) is 4.98 Å². The van der Waals surface area contributed by atoms with E-state index in [2.05, 4.69) is 15.6 Å². The van der Waals surface area contributed by atoms with Crippen LogP contribution in [-0.2, 0) is 16.0 Å². The molecule has 5 nitrogen and oxygen atoms in total. The molecular formula is C12H19N3O2S. The number of hydrogen-bond donors (Lipinski definition) is 2. The molecule has 0 bridgehead atoms. The Balaban J connectivity index is 1.54. The minimum absolute atomic E-state index is 0.0370. The predicted molar refractivity (Wildman–Crippen MR) is 70.7 cm³/mol. The third-order valence-electron chi connectivity index (χ3n) is 2.88. The molecule has 2 rings (SSSR count). The van der Waals surface area contributed by atoms with Crippen molar-refractivity contribution in [3.63, 3.8) is 0 Å². The molecule has 1 aromatic rings. The van der Waals surface area contributed by atoms with Crippen molar-refractivity contribution in [3.05, 3.63) is 16.6 Å². The zero-order valence-electron chi connectivity index (χ0n) is 10.4. The number of nitrogens with zero attached hydrogens (tertiary/aromatic N) is 1. The summed E-state index contributed by atoms with van der Waals surface area (Å²) in [5.74, 6) is -0.0370. The van der Waals surface area contributed by atoms with Crippen LogP contribution < -0.4 is 10.6 Å². The number of rotatable bonds is 6. The highest BCUT2D eigenvalue weighted by molar-refractivity contribution is 7.09. The molecular weight excluding hydrogens is 250 g/mol. The lowest BCUT2D eigenvalue weighted by atomic mass is 10.1. The smallest absolute Gasteiger partial charge is 0.246 e. The van der Waals surface area contributed by atoms with Crippen LogP contribution in [0.3, 0.4) is 0 Å². The van der Waals surface area contributed by atoms with Crippen LogP contribution in [0.5, 0.6) is 0 Å². The van der Waals surface area contributed by atoms with Crippen molar-refractivity contribution in [1.82, 2.24) is 15.6 Å². The van der Waals surface area contributed by atoms with E-state index < -0.39 is 0 Å². The van der Waals surface area contributed by atoms with E-state index in [4.69, 9.17) is 4.74 Å². The molecule has 6 heteroatoms. The van der Waals surface area contributed by atoms with Gasteiger partial charge in [0.25, 0.3) is 0 Å². The number of hydrogen-bond acceptors (Lipinski definition) is 5. The summed E-state index contributed by atoms with van der Waals surface area (Å²) in [6.45, 7) is 2.76. The van der Waals surface area contributed by atoms with Crippen LogP contribution in [0.1, 0.15) is 17.8 Å². The molecule has 0 aromatic carbocycles. The first-order valence-electron chi connectivity index (χ1n) is 6.32. The third-order valence-corrected chi connectivity index (χ3v) is 3.72. The Kier molecular flexibility index (Phi) is 5.57. The predicted octanol–water partition coefficient (Wildman–Crippen LogP) is 0.570. The van der Waals surface area contributed by atoms with E-state index in [0.29, 0.717) is 6.54 Å². The summed E-state index contributed by atoms with van der Waals surface area (Å²) < 4.78 is 5.57. The van der Waals surface area contributed by atoms with Gasteiger partial charge in [-0.2, -0.15) is 0 Å². The molecule has 2 heterocycles. The van der Waals surface area contributed by atoms with Gasteiger partial charge < -0.3 is 15.4 Å². The van der Waals surface area contributed by atoms with Crippen molar-refractivity contribution < 1.29 is 9.53 Å². The van der Waals surface area contributed by atoms with Gasteiger partial charge in [0.1, 0.15) is 6.61 Å². The van der Waals surface area contributed by atoms with Gasteiger partial charge in [0.2, 0.25) is 5.91 Å². The highest BCUT2D eigenvalue weighted by atomic mass is 32.1. The van der Waals surface area contributed by atoms with Crippen LogP contribution in [-0.4, -0.2) is 43.2 Å². The number of nitrogens with one attached hydrogen (secondary N) is 2. The Morgan fingerprint density at radius 2 is 2.39 bits per heavy atom. The molecule has 1 saturated heterocycles. The Bertz CT molecular complexity index is 350. The van der Waals surface area contributed by atoms with Crippen molar-refractivity contribution in [2.24, 2.45) is 0 Å². The fraction of sp³-hybridized carbons (Fsp3) is 0.667. The molecule has 100 valence electrons. The van der Waals surface area contributed by atoms with Gasteiger partial charge in [0, 0.05) is 24.5 Å². The SMILES string of the molecule is O=C(COC1CCNCC1)NCCc1nccs1. The molecule has 0 atom stereocenters.